The SMILES string of the molecule is CCCCOC1[C@H](OCCCC)C(O)OC(C(=O)OC)[C@H]1O[C@@H]1OC(COC(=O)c2ccccc2)[C@@H](OCCCC)[C@H](OCCCC)C1N=[N+]=[N-]. The molecule has 0 bridgehead atoms. The number of benzene rings is 1. The van der Waals surface area contributed by atoms with Crippen molar-refractivity contribution in [2.75, 3.05) is 40.1 Å². The topological polar surface area (TPSA) is 186 Å². The molecule has 0 aromatic heterocycles. The average Bonchev–Trinajstić information content (AvgIpc) is 3.14. The number of aliphatic hydroxyl groups excluding tert-OH is 1. The Balaban J connectivity index is 2.05. The molecule has 2 saturated heterocycles. The molecular weight excluding hydrogens is 666 g/mol. The van der Waals surface area contributed by atoms with Crippen molar-refractivity contribution < 1.29 is 57.3 Å². The monoisotopic (exact) mass is 723 g/mol. The largest absolute Gasteiger partial charge is 0.467 e. The summed E-state index contributed by atoms with van der Waals surface area (Å²) in [6.07, 6.45) is -4.15. The lowest BCUT2D eigenvalue weighted by Gasteiger charge is -2.48. The highest BCUT2D eigenvalue weighted by Crippen LogP contribution is 2.35. The van der Waals surface area contributed by atoms with E-state index in [0.29, 0.717) is 44.6 Å². The lowest BCUT2D eigenvalue weighted by molar-refractivity contribution is -0.346. The summed E-state index contributed by atoms with van der Waals surface area (Å²) in [5.41, 5.74) is 10.1. The Kier molecular flexibility index (Phi) is 19.7. The molecule has 3 rings (SSSR count). The number of aliphatic hydroxyl groups is 1. The lowest BCUT2D eigenvalue weighted by atomic mass is 9.95. The number of esters is 2. The van der Waals surface area contributed by atoms with Crippen molar-refractivity contribution in [1.82, 2.24) is 0 Å². The predicted octanol–water partition coefficient (Wildman–Crippen LogP) is 5.26. The van der Waals surface area contributed by atoms with Gasteiger partial charge in [-0.15, -0.1) is 0 Å². The van der Waals surface area contributed by atoms with Crippen LogP contribution >= 0.6 is 0 Å². The van der Waals surface area contributed by atoms with Crippen molar-refractivity contribution in [3.8, 4) is 0 Å². The van der Waals surface area contributed by atoms with Crippen LogP contribution in [-0.4, -0.2) is 119 Å². The fourth-order valence-electron chi connectivity index (χ4n) is 5.79. The molecule has 2 aliphatic rings. The second-order valence-electron chi connectivity index (χ2n) is 12.5. The second-order valence-corrected chi connectivity index (χ2v) is 12.5. The summed E-state index contributed by atoms with van der Waals surface area (Å²) in [5.74, 6) is -1.39. The Hall–Kier alpha value is -2.85. The summed E-state index contributed by atoms with van der Waals surface area (Å²) in [6, 6.07) is 7.41. The normalized spacial score (nSPS) is 29.2. The van der Waals surface area contributed by atoms with E-state index in [4.69, 9.17) is 42.6 Å². The summed E-state index contributed by atoms with van der Waals surface area (Å²) < 4.78 is 54.7. The van der Waals surface area contributed by atoms with Gasteiger partial charge < -0.3 is 47.7 Å². The van der Waals surface area contributed by atoms with E-state index in [2.05, 4.69) is 10.0 Å². The number of methoxy groups -OCH3 is 1. The van der Waals surface area contributed by atoms with Crippen LogP contribution in [0.15, 0.2) is 35.4 Å². The van der Waals surface area contributed by atoms with Crippen molar-refractivity contribution in [3.63, 3.8) is 0 Å². The number of ether oxygens (including phenoxy) is 9. The van der Waals surface area contributed by atoms with Gasteiger partial charge in [-0.1, -0.05) is 76.7 Å². The minimum Gasteiger partial charge on any atom is -0.467 e. The van der Waals surface area contributed by atoms with Gasteiger partial charge in [0.2, 0.25) is 0 Å². The Labute approximate surface area is 301 Å². The maximum atomic E-state index is 13.2. The van der Waals surface area contributed by atoms with Crippen LogP contribution in [-0.2, 0) is 47.4 Å². The van der Waals surface area contributed by atoms with Gasteiger partial charge in [0.05, 0.1) is 18.8 Å². The standard InChI is InChI=1S/C36H57N3O12/c1-6-10-19-44-27-25(23-48-33(40)24-17-15-14-16-18-24)49-36(26(38-39-37)28(27)45-20-11-7-2)51-30-29(46-21-12-8-3)31(47-22-13-9-4)35(42)50-32(30)34(41)43-5/h14-18,25-32,35-36,42H,6-13,19-23H2,1-5H3/t25?,26?,27-,28-,29?,30+,31+,32?,35?,36+/m1/s1. The van der Waals surface area contributed by atoms with Crippen LogP contribution in [0.3, 0.4) is 0 Å². The number of hydrogen-bond donors (Lipinski definition) is 1. The first-order valence-corrected chi connectivity index (χ1v) is 18.3. The number of carbonyl (C=O) groups is 2. The Bertz CT molecular complexity index is 1190. The molecule has 2 heterocycles. The third kappa shape index (κ3) is 12.7. The first-order valence-electron chi connectivity index (χ1n) is 18.3. The van der Waals surface area contributed by atoms with E-state index >= 15 is 0 Å². The molecule has 51 heavy (non-hydrogen) atoms. The molecule has 0 amide bonds. The number of carbonyl (C=O) groups excluding carboxylic acids is 2. The maximum Gasteiger partial charge on any atom is 0.338 e. The molecule has 5 unspecified atom stereocenters. The van der Waals surface area contributed by atoms with Gasteiger partial charge in [0, 0.05) is 31.3 Å². The second kappa shape index (κ2) is 23.7. The first-order chi connectivity index (χ1) is 24.8. The highest BCUT2D eigenvalue weighted by atomic mass is 16.7. The van der Waals surface area contributed by atoms with Gasteiger partial charge in [-0.05, 0) is 43.3 Å². The van der Waals surface area contributed by atoms with Gasteiger partial charge in [-0.2, -0.15) is 0 Å². The summed E-state index contributed by atoms with van der Waals surface area (Å²) >= 11 is 0. The van der Waals surface area contributed by atoms with Gasteiger partial charge in [-0.25, -0.2) is 9.59 Å². The maximum absolute atomic E-state index is 13.2. The van der Waals surface area contributed by atoms with Crippen LogP contribution in [0.25, 0.3) is 10.4 Å². The van der Waals surface area contributed by atoms with Gasteiger partial charge in [0.1, 0.15) is 43.2 Å². The molecule has 1 aromatic carbocycles. The van der Waals surface area contributed by atoms with E-state index in [-0.39, 0.29) is 13.2 Å². The third-order valence-corrected chi connectivity index (χ3v) is 8.66. The van der Waals surface area contributed by atoms with Crippen molar-refractivity contribution >= 4 is 11.9 Å². The van der Waals surface area contributed by atoms with Crippen LogP contribution in [0.1, 0.15) is 89.4 Å². The molecule has 15 nitrogen and oxygen atoms in total. The van der Waals surface area contributed by atoms with E-state index in [0.717, 1.165) is 32.1 Å². The number of rotatable bonds is 23. The lowest BCUT2D eigenvalue weighted by Crippen LogP contribution is -2.66. The fraction of sp³-hybridized carbons (Fsp3) is 0.778. The summed E-state index contributed by atoms with van der Waals surface area (Å²) in [7, 11) is 1.19. The highest BCUT2D eigenvalue weighted by Gasteiger charge is 2.55. The Morgan fingerprint density at radius 3 is 1.88 bits per heavy atom. The number of nitrogens with zero attached hydrogens (tertiary/aromatic N) is 3. The van der Waals surface area contributed by atoms with Gasteiger partial charge in [-0.3, -0.25) is 0 Å². The van der Waals surface area contributed by atoms with E-state index in [1.165, 1.54) is 7.11 Å². The van der Waals surface area contributed by atoms with Crippen LogP contribution in [0.5, 0.6) is 0 Å². The van der Waals surface area contributed by atoms with Gasteiger partial charge in [0.25, 0.3) is 0 Å². The van der Waals surface area contributed by atoms with E-state index in [1.54, 1.807) is 30.3 Å². The molecule has 0 aliphatic carbocycles. The molecule has 0 saturated carbocycles. The van der Waals surface area contributed by atoms with Crippen molar-refractivity contribution in [1.29, 1.82) is 0 Å². The fourth-order valence-corrected chi connectivity index (χ4v) is 5.79. The average molecular weight is 724 g/mol. The molecule has 2 fully saturated rings. The number of azide groups is 1. The van der Waals surface area contributed by atoms with E-state index in [9.17, 15) is 20.2 Å². The summed E-state index contributed by atoms with van der Waals surface area (Å²) in [6.45, 7) is 9.04. The molecule has 0 radical (unpaired) electrons. The first kappa shape index (κ1) is 42.6. The molecular formula is C36H57N3O12. The minimum atomic E-state index is -1.54. The molecule has 1 aromatic rings. The minimum absolute atomic E-state index is 0.250. The molecule has 15 heteroatoms. The molecule has 1 N–H and O–H groups in total. The quantitative estimate of drug-likeness (QED) is 0.0508. The van der Waals surface area contributed by atoms with Gasteiger partial charge >= 0.3 is 11.9 Å². The number of hydrogen-bond acceptors (Lipinski definition) is 13. The van der Waals surface area contributed by atoms with Crippen LogP contribution in [0, 0.1) is 0 Å². The molecule has 288 valence electrons. The number of unbranched alkanes of at least 4 members (excludes halogenated alkanes) is 4. The summed E-state index contributed by atoms with van der Waals surface area (Å²) in [4.78, 5) is 29.3. The Morgan fingerprint density at radius 2 is 1.33 bits per heavy atom. The summed E-state index contributed by atoms with van der Waals surface area (Å²) in [5, 5.41) is 15.1. The van der Waals surface area contributed by atoms with E-state index in [1.807, 2.05) is 27.7 Å². The van der Waals surface area contributed by atoms with E-state index < -0.39 is 73.3 Å². The zero-order chi connectivity index (χ0) is 37.0. The zero-order valence-corrected chi connectivity index (χ0v) is 30.6. The molecule has 0 spiro atoms. The predicted molar refractivity (Wildman–Crippen MR) is 185 cm³/mol. The van der Waals surface area contributed by atoms with Crippen LogP contribution in [0.2, 0.25) is 0 Å². The molecule has 2 aliphatic heterocycles. The van der Waals surface area contributed by atoms with Crippen LogP contribution in [0.4, 0.5) is 0 Å². The van der Waals surface area contributed by atoms with Crippen molar-refractivity contribution in [2.24, 2.45) is 5.11 Å². The van der Waals surface area contributed by atoms with Crippen LogP contribution < -0.4 is 0 Å². The zero-order valence-electron chi connectivity index (χ0n) is 30.6. The van der Waals surface area contributed by atoms with Crippen molar-refractivity contribution in [3.05, 3.63) is 46.3 Å². The molecule has 10 atom stereocenters. The third-order valence-electron chi connectivity index (χ3n) is 8.66. The smallest absolute Gasteiger partial charge is 0.338 e. The van der Waals surface area contributed by atoms with Crippen molar-refractivity contribution in [2.45, 2.75) is 140 Å². The highest BCUT2D eigenvalue weighted by molar-refractivity contribution is 5.89. The van der Waals surface area contributed by atoms with Gasteiger partial charge in [0.15, 0.2) is 18.7 Å². The Morgan fingerprint density at radius 1 is 0.784 bits per heavy atom.